The predicted octanol–water partition coefficient (Wildman–Crippen LogP) is 1.51. The van der Waals surface area contributed by atoms with Crippen molar-refractivity contribution in [3.63, 3.8) is 0 Å². The monoisotopic (exact) mass is 330 g/mol. The minimum Gasteiger partial charge on any atom is -0.314 e. The Kier molecular flexibility index (Phi) is 5.42. The van der Waals surface area contributed by atoms with Gasteiger partial charge in [0.15, 0.2) is 17.5 Å². The number of sulfonamides is 1. The molecule has 1 atom stereocenters. The van der Waals surface area contributed by atoms with Gasteiger partial charge >= 0.3 is 0 Å². The van der Waals surface area contributed by atoms with Crippen LogP contribution in [0.3, 0.4) is 0 Å². The van der Waals surface area contributed by atoms with Crippen molar-refractivity contribution in [3.05, 3.63) is 29.6 Å². The maximum Gasteiger partial charge on any atom is 0.243 e. The summed E-state index contributed by atoms with van der Waals surface area (Å²) < 4.78 is 64.8. The lowest BCUT2D eigenvalue weighted by Crippen LogP contribution is -2.52. The third-order valence-corrected chi connectivity index (χ3v) is 5.00. The van der Waals surface area contributed by atoms with Crippen molar-refractivity contribution in [1.82, 2.24) is 9.62 Å². The van der Waals surface area contributed by atoms with Gasteiger partial charge in [0.25, 0.3) is 0 Å². The van der Waals surface area contributed by atoms with Crippen LogP contribution < -0.4 is 5.32 Å². The van der Waals surface area contributed by atoms with Crippen LogP contribution in [0.15, 0.2) is 17.0 Å². The first-order chi connectivity index (χ1) is 8.84. The molecule has 0 aromatic heterocycles. The SMILES string of the molecule is C[C@@H]1CNCCN1S(=O)(=O)c1cc(F)c(F)c(F)c1.Cl. The van der Waals surface area contributed by atoms with Crippen LogP contribution in [0.1, 0.15) is 6.92 Å². The molecular formula is C11H14ClF3N2O2S. The van der Waals surface area contributed by atoms with E-state index in [0.29, 0.717) is 25.2 Å². The van der Waals surface area contributed by atoms with Crippen LogP contribution in [0.2, 0.25) is 0 Å². The van der Waals surface area contributed by atoms with Gasteiger partial charge in [0.05, 0.1) is 4.90 Å². The van der Waals surface area contributed by atoms with E-state index in [1.54, 1.807) is 6.92 Å². The maximum absolute atomic E-state index is 13.1. The molecule has 114 valence electrons. The van der Waals surface area contributed by atoms with E-state index in [1.807, 2.05) is 0 Å². The predicted molar refractivity (Wildman–Crippen MR) is 69.8 cm³/mol. The fraction of sp³-hybridized carbons (Fsp3) is 0.455. The van der Waals surface area contributed by atoms with Crippen LogP contribution in [0.5, 0.6) is 0 Å². The molecular weight excluding hydrogens is 317 g/mol. The number of nitrogens with one attached hydrogen (secondary N) is 1. The molecule has 0 spiro atoms. The number of benzene rings is 1. The highest BCUT2D eigenvalue weighted by Gasteiger charge is 2.32. The number of rotatable bonds is 2. The van der Waals surface area contributed by atoms with Gasteiger partial charge in [0, 0.05) is 25.7 Å². The minimum atomic E-state index is -4.03. The maximum atomic E-state index is 13.1. The number of halogens is 4. The summed E-state index contributed by atoms with van der Waals surface area (Å²) in [5, 5.41) is 3.01. The Hall–Kier alpha value is -0.830. The minimum absolute atomic E-state index is 0. The summed E-state index contributed by atoms with van der Waals surface area (Å²) in [5.74, 6) is -4.70. The van der Waals surface area contributed by atoms with Gasteiger partial charge in [-0.3, -0.25) is 0 Å². The van der Waals surface area contributed by atoms with E-state index >= 15 is 0 Å². The molecule has 0 bridgehead atoms. The molecule has 1 aliphatic heterocycles. The highest BCUT2D eigenvalue weighted by molar-refractivity contribution is 7.89. The third kappa shape index (κ3) is 3.08. The topological polar surface area (TPSA) is 49.4 Å². The molecule has 2 rings (SSSR count). The van der Waals surface area contributed by atoms with Crippen LogP contribution in [0, 0.1) is 17.5 Å². The quantitative estimate of drug-likeness (QED) is 0.836. The summed E-state index contributed by atoms with van der Waals surface area (Å²) in [5.41, 5.74) is 0. The molecule has 20 heavy (non-hydrogen) atoms. The molecule has 1 N–H and O–H groups in total. The van der Waals surface area contributed by atoms with Crippen molar-refractivity contribution in [2.24, 2.45) is 0 Å². The van der Waals surface area contributed by atoms with Crippen molar-refractivity contribution in [3.8, 4) is 0 Å². The van der Waals surface area contributed by atoms with E-state index in [-0.39, 0.29) is 25.0 Å². The lowest BCUT2D eigenvalue weighted by atomic mass is 10.3. The van der Waals surface area contributed by atoms with Crippen molar-refractivity contribution >= 4 is 22.4 Å². The van der Waals surface area contributed by atoms with E-state index in [4.69, 9.17) is 0 Å². The second kappa shape index (κ2) is 6.30. The average Bonchev–Trinajstić information content (AvgIpc) is 2.35. The first-order valence-corrected chi connectivity index (χ1v) is 7.15. The van der Waals surface area contributed by atoms with Crippen LogP contribution >= 0.6 is 12.4 Å². The van der Waals surface area contributed by atoms with Crippen molar-refractivity contribution in [2.75, 3.05) is 19.6 Å². The second-order valence-corrected chi connectivity index (χ2v) is 6.26. The molecule has 0 saturated carbocycles. The summed E-state index contributed by atoms with van der Waals surface area (Å²) in [6, 6.07) is 0.667. The molecule has 1 aromatic rings. The molecule has 4 nitrogen and oxygen atoms in total. The summed E-state index contributed by atoms with van der Waals surface area (Å²) in [7, 11) is -4.03. The van der Waals surface area contributed by atoms with E-state index in [9.17, 15) is 21.6 Å². The van der Waals surface area contributed by atoms with Crippen LogP contribution in [0.4, 0.5) is 13.2 Å². The fourth-order valence-corrected chi connectivity index (χ4v) is 3.65. The Balaban J connectivity index is 0.00000200. The number of hydrogen-bond acceptors (Lipinski definition) is 3. The number of nitrogens with zero attached hydrogens (tertiary/aromatic N) is 1. The molecule has 1 heterocycles. The lowest BCUT2D eigenvalue weighted by Gasteiger charge is -2.32. The molecule has 1 aromatic carbocycles. The number of piperazine rings is 1. The molecule has 0 aliphatic carbocycles. The van der Waals surface area contributed by atoms with E-state index in [1.165, 1.54) is 0 Å². The van der Waals surface area contributed by atoms with Gasteiger partial charge in [-0.25, -0.2) is 21.6 Å². The van der Waals surface area contributed by atoms with Gasteiger partial charge in [0.2, 0.25) is 10.0 Å². The van der Waals surface area contributed by atoms with E-state index < -0.39 is 32.4 Å². The second-order valence-electron chi connectivity index (χ2n) is 4.37. The number of hydrogen-bond donors (Lipinski definition) is 1. The van der Waals surface area contributed by atoms with Gasteiger partial charge in [0.1, 0.15) is 0 Å². The van der Waals surface area contributed by atoms with Gasteiger partial charge in [-0.2, -0.15) is 4.31 Å². The molecule has 0 amide bonds. The Morgan fingerprint density at radius 1 is 1.25 bits per heavy atom. The van der Waals surface area contributed by atoms with E-state index in [0.717, 1.165) is 4.31 Å². The molecule has 1 fully saturated rings. The first-order valence-electron chi connectivity index (χ1n) is 5.71. The lowest BCUT2D eigenvalue weighted by molar-refractivity contribution is 0.283. The standard InChI is InChI=1S/C11H13F3N2O2S.ClH/c1-7-6-15-2-3-16(7)19(17,18)8-4-9(12)11(14)10(13)5-8;/h4-5,7,15H,2-3,6H2,1H3;1H/t7-;/m1./s1. The summed E-state index contributed by atoms with van der Waals surface area (Å²) in [4.78, 5) is -0.572. The zero-order chi connectivity index (χ0) is 14.2. The summed E-state index contributed by atoms with van der Waals surface area (Å²) in [6.07, 6.45) is 0. The van der Waals surface area contributed by atoms with Gasteiger partial charge in [-0.1, -0.05) is 0 Å². The fourth-order valence-electron chi connectivity index (χ4n) is 2.00. The first kappa shape index (κ1) is 17.2. The average molecular weight is 331 g/mol. The van der Waals surface area contributed by atoms with Crippen molar-refractivity contribution in [2.45, 2.75) is 17.9 Å². The van der Waals surface area contributed by atoms with Crippen molar-refractivity contribution < 1.29 is 21.6 Å². The van der Waals surface area contributed by atoms with Crippen LogP contribution in [0.25, 0.3) is 0 Å². The zero-order valence-corrected chi connectivity index (χ0v) is 12.2. The molecule has 9 heteroatoms. The molecule has 0 unspecified atom stereocenters. The van der Waals surface area contributed by atoms with Crippen molar-refractivity contribution in [1.29, 1.82) is 0 Å². The normalized spacial score (nSPS) is 20.5. The molecule has 1 saturated heterocycles. The Bertz CT molecular complexity index is 574. The van der Waals surface area contributed by atoms with Crippen LogP contribution in [-0.4, -0.2) is 38.4 Å². The molecule has 0 radical (unpaired) electrons. The molecule has 1 aliphatic rings. The van der Waals surface area contributed by atoms with Gasteiger partial charge in [-0.05, 0) is 19.1 Å². The van der Waals surface area contributed by atoms with Gasteiger partial charge < -0.3 is 5.32 Å². The Morgan fingerprint density at radius 3 is 2.30 bits per heavy atom. The Morgan fingerprint density at radius 2 is 1.80 bits per heavy atom. The largest absolute Gasteiger partial charge is 0.314 e. The highest BCUT2D eigenvalue weighted by Crippen LogP contribution is 2.23. The summed E-state index contributed by atoms with van der Waals surface area (Å²) >= 11 is 0. The van der Waals surface area contributed by atoms with Gasteiger partial charge in [-0.15, -0.1) is 12.4 Å². The van der Waals surface area contributed by atoms with E-state index in [2.05, 4.69) is 5.32 Å². The summed E-state index contributed by atoms with van der Waals surface area (Å²) in [6.45, 7) is 2.78. The third-order valence-electron chi connectivity index (χ3n) is 3.00. The smallest absolute Gasteiger partial charge is 0.243 e. The zero-order valence-electron chi connectivity index (χ0n) is 10.6. The highest BCUT2D eigenvalue weighted by atomic mass is 35.5. The van der Waals surface area contributed by atoms with Crippen LogP contribution in [-0.2, 0) is 10.0 Å². The Labute approximate surface area is 121 Å².